The zero-order valence-electron chi connectivity index (χ0n) is 13.9. The number of aliphatic imine (C=N–C) groups is 1. The molecule has 0 aliphatic rings. The number of hydrogen-bond donors (Lipinski definition) is 2. The summed E-state index contributed by atoms with van der Waals surface area (Å²) in [6, 6.07) is 0. The zero-order valence-corrected chi connectivity index (χ0v) is 13.9. The summed E-state index contributed by atoms with van der Waals surface area (Å²) in [6.07, 6.45) is 2.61. The van der Waals surface area contributed by atoms with Crippen LogP contribution in [0.5, 0.6) is 0 Å². The molecule has 0 aliphatic carbocycles. The minimum absolute atomic E-state index is 0.0297. The van der Waals surface area contributed by atoms with Crippen molar-refractivity contribution >= 4 is 5.84 Å². The van der Waals surface area contributed by atoms with E-state index >= 15 is 0 Å². The van der Waals surface area contributed by atoms with Crippen molar-refractivity contribution in [3.8, 4) is 0 Å². The maximum Gasteiger partial charge on any atom is 0.114 e. The minimum atomic E-state index is -0.127. The van der Waals surface area contributed by atoms with Crippen LogP contribution in [-0.4, -0.2) is 17.5 Å². The fraction of sp³-hybridized carbons (Fsp3) is 0.588. The van der Waals surface area contributed by atoms with E-state index in [-0.39, 0.29) is 23.1 Å². The van der Waals surface area contributed by atoms with E-state index in [2.05, 4.69) is 45.8 Å². The Balaban J connectivity index is 4.95. The van der Waals surface area contributed by atoms with E-state index in [1.54, 1.807) is 13.0 Å². The molecule has 0 spiro atoms. The highest BCUT2D eigenvalue weighted by Gasteiger charge is 2.30. The molecule has 0 aromatic rings. The lowest BCUT2D eigenvalue weighted by atomic mass is 9.69. The van der Waals surface area contributed by atoms with Crippen LogP contribution in [0.4, 0.5) is 0 Å². The van der Waals surface area contributed by atoms with Gasteiger partial charge in [-0.3, -0.25) is 4.99 Å². The molecule has 0 heterocycles. The van der Waals surface area contributed by atoms with Crippen LogP contribution in [0.3, 0.4) is 0 Å². The van der Waals surface area contributed by atoms with E-state index in [1.807, 2.05) is 6.92 Å². The molecular weight excluding hydrogens is 248 g/mol. The number of allylic oxidation sites excluding steroid dienone is 3. The first kappa shape index (κ1) is 18.5. The van der Waals surface area contributed by atoms with Crippen LogP contribution in [0, 0.1) is 10.8 Å². The van der Waals surface area contributed by atoms with Crippen LogP contribution < -0.4 is 5.73 Å². The van der Waals surface area contributed by atoms with Crippen molar-refractivity contribution in [1.82, 2.24) is 0 Å². The zero-order chi connectivity index (χ0) is 16.1. The quantitative estimate of drug-likeness (QED) is 0.239. The molecule has 0 radical (unpaired) electrons. The third kappa shape index (κ3) is 6.09. The highest BCUT2D eigenvalue weighted by atomic mass is 16.3. The minimum Gasteiger partial charge on any atom is -0.510 e. The van der Waals surface area contributed by atoms with E-state index in [4.69, 9.17) is 5.73 Å². The maximum absolute atomic E-state index is 9.86. The van der Waals surface area contributed by atoms with Gasteiger partial charge in [-0.05, 0) is 42.7 Å². The maximum atomic E-state index is 9.86. The predicted molar refractivity (Wildman–Crippen MR) is 89.0 cm³/mol. The lowest BCUT2D eigenvalue weighted by Gasteiger charge is -2.36. The monoisotopic (exact) mass is 278 g/mol. The number of rotatable bonds is 7. The van der Waals surface area contributed by atoms with Crippen LogP contribution in [0.2, 0.25) is 0 Å². The predicted octanol–water partition coefficient (Wildman–Crippen LogP) is 4.38. The van der Waals surface area contributed by atoms with Gasteiger partial charge < -0.3 is 10.8 Å². The fourth-order valence-electron chi connectivity index (χ4n) is 2.02. The molecule has 0 saturated heterocycles. The largest absolute Gasteiger partial charge is 0.510 e. The number of amidine groups is 1. The lowest BCUT2D eigenvalue weighted by Crippen LogP contribution is -2.25. The summed E-state index contributed by atoms with van der Waals surface area (Å²) < 4.78 is 0. The van der Waals surface area contributed by atoms with E-state index in [9.17, 15) is 5.11 Å². The van der Waals surface area contributed by atoms with Crippen molar-refractivity contribution in [2.75, 3.05) is 6.54 Å². The number of hydrogen-bond acceptors (Lipinski definition) is 2. The van der Waals surface area contributed by atoms with Crippen molar-refractivity contribution in [3.05, 3.63) is 36.1 Å². The molecule has 3 heteroatoms. The number of aliphatic hydroxyl groups is 1. The molecule has 0 saturated carbocycles. The Morgan fingerprint density at radius 2 is 1.65 bits per heavy atom. The highest BCUT2D eigenvalue weighted by molar-refractivity contribution is 5.77. The Kier molecular flexibility index (Phi) is 6.27. The second-order valence-electron chi connectivity index (χ2n) is 6.84. The third-order valence-electron chi connectivity index (χ3n) is 3.74. The topological polar surface area (TPSA) is 58.6 Å². The summed E-state index contributed by atoms with van der Waals surface area (Å²) in [4.78, 5) is 3.98. The molecule has 0 atom stereocenters. The Morgan fingerprint density at radius 1 is 1.15 bits per heavy atom. The summed E-state index contributed by atoms with van der Waals surface area (Å²) in [7, 11) is 0. The van der Waals surface area contributed by atoms with E-state index < -0.39 is 0 Å². The molecule has 0 amide bonds. The molecule has 3 nitrogen and oxygen atoms in total. The summed E-state index contributed by atoms with van der Waals surface area (Å²) >= 11 is 0. The van der Waals surface area contributed by atoms with Gasteiger partial charge in [0, 0.05) is 0 Å². The second-order valence-corrected chi connectivity index (χ2v) is 6.84. The van der Waals surface area contributed by atoms with Crippen LogP contribution in [0.25, 0.3) is 0 Å². The van der Waals surface area contributed by atoms with E-state index in [0.717, 1.165) is 17.6 Å². The van der Waals surface area contributed by atoms with Crippen LogP contribution in [-0.2, 0) is 0 Å². The molecule has 0 fully saturated rings. The first-order chi connectivity index (χ1) is 8.88. The van der Waals surface area contributed by atoms with Crippen LogP contribution >= 0.6 is 0 Å². The standard InChI is InChI=1S/C17H30N2O/c1-12(2)16(5,6)11-17(7,8)13(3)9-15(20)10-19-14(4)18/h9,20H,1,3,10-11H2,2,4-8H3,(H2,18,19)/b15-9+. The fourth-order valence-corrected chi connectivity index (χ4v) is 2.02. The van der Waals surface area contributed by atoms with Gasteiger partial charge in [-0.15, -0.1) is 0 Å². The second kappa shape index (κ2) is 6.78. The highest BCUT2D eigenvalue weighted by Crippen LogP contribution is 2.42. The van der Waals surface area contributed by atoms with Crippen molar-refractivity contribution in [1.29, 1.82) is 0 Å². The van der Waals surface area contributed by atoms with Gasteiger partial charge in [-0.25, -0.2) is 0 Å². The molecule has 3 N–H and O–H groups in total. The molecule has 0 rings (SSSR count). The van der Waals surface area contributed by atoms with Crippen LogP contribution in [0.15, 0.2) is 41.1 Å². The molecule has 20 heavy (non-hydrogen) atoms. The van der Waals surface area contributed by atoms with Crippen molar-refractivity contribution < 1.29 is 5.11 Å². The molecule has 0 aliphatic heterocycles. The van der Waals surface area contributed by atoms with Crippen LogP contribution in [0.1, 0.15) is 48.0 Å². The molecule has 0 bridgehead atoms. The number of nitrogens with two attached hydrogens (primary N) is 1. The van der Waals surface area contributed by atoms with E-state index in [0.29, 0.717) is 5.84 Å². The average Bonchev–Trinajstić information content (AvgIpc) is 2.24. The summed E-state index contributed by atoms with van der Waals surface area (Å²) in [5.74, 6) is 0.638. The number of nitrogens with zero attached hydrogens (tertiary/aromatic N) is 1. The Morgan fingerprint density at radius 3 is 2.05 bits per heavy atom. The molecule has 0 aromatic heterocycles. The van der Waals surface area contributed by atoms with Gasteiger partial charge in [0.15, 0.2) is 0 Å². The molecule has 114 valence electrons. The summed E-state index contributed by atoms with van der Waals surface area (Å²) in [6.45, 7) is 20.7. The summed E-state index contributed by atoms with van der Waals surface area (Å²) in [5.41, 5.74) is 7.39. The normalized spacial score (nSPS) is 14.3. The third-order valence-corrected chi connectivity index (χ3v) is 3.74. The first-order valence-corrected chi connectivity index (χ1v) is 6.90. The Hall–Kier alpha value is -1.51. The van der Waals surface area contributed by atoms with Gasteiger partial charge in [0.1, 0.15) is 5.76 Å². The Labute approximate surface area is 124 Å². The number of aliphatic hydroxyl groups excluding tert-OH is 1. The van der Waals surface area contributed by atoms with Gasteiger partial charge in [-0.2, -0.15) is 0 Å². The molecule has 0 unspecified atom stereocenters. The Bertz CT molecular complexity index is 436. The van der Waals surface area contributed by atoms with Gasteiger partial charge >= 0.3 is 0 Å². The van der Waals surface area contributed by atoms with Gasteiger partial charge in [0.2, 0.25) is 0 Å². The molecule has 0 aromatic carbocycles. The lowest BCUT2D eigenvalue weighted by molar-refractivity contribution is 0.271. The smallest absolute Gasteiger partial charge is 0.114 e. The first-order valence-electron chi connectivity index (χ1n) is 6.90. The average molecular weight is 278 g/mol. The SMILES string of the molecule is C=C(C)C(C)(C)CC(C)(C)C(=C)/C=C(/O)CN=C(C)N. The van der Waals surface area contributed by atoms with E-state index in [1.165, 1.54) is 0 Å². The van der Waals surface area contributed by atoms with Gasteiger partial charge in [-0.1, -0.05) is 46.4 Å². The summed E-state index contributed by atoms with van der Waals surface area (Å²) in [5, 5.41) is 9.86. The van der Waals surface area contributed by atoms with Gasteiger partial charge in [0.25, 0.3) is 0 Å². The molecular formula is C17H30N2O. The van der Waals surface area contributed by atoms with Crippen molar-refractivity contribution in [2.24, 2.45) is 21.6 Å². The van der Waals surface area contributed by atoms with Crippen molar-refractivity contribution in [3.63, 3.8) is 0 Å². The van der Waals surface area contributed by atoms with Crippen molar-refractivity contribution in [2.45, 2.75) is 48.0 Å². The van der Waals surface area contributed by atoms with Gasteiger partial charge in [0.05, 0.1) is 12.4 Å².